The van der Waals surface area contributed by atoms with E-state index in [0.717, 1.165) is 24.5 Å². The number of aryl methyl sites for hydroxylation is 3. The Kier molecular flexibility index (Phi) is 5.25. The highest BCUT2D eigenvalue weighted by Crippen LogP contribution is 2.33. The van der Waals surface area contributed by atoms with Gasteiger partial charge in [0.05, 0.1) is 0 Å². The largest absolute Gasteiger partial charge is 0.354 e. The van der Waals surface area contributed by atoms with Crippen molar-refractivity contribution in [3.8, 4) is 22.4 Å². The van der Waals surface area contributed by atoms with Crippen LogP contribution in [0.3, 0.4) is 0 Å². The molecule has 0 fully saturated rings. The molecule has 0 atom stereocenters. The van der Waals surface area contributed by atoms with Gasteiger partial charge in [-0.1, -0.05) is 38.1 Å². The Bertz CT molecular complexity index is 1160. The Labute approximate surface area is 173 Å². The smallest absolute Gasteiger partial charge is 0.0495 e. The average Bonchev–Trinajstić information content (AvgIpc) is 3.32. The molecular weight excluding hydrogens is 354 g/mol. The second-order valence-corrected chi connectivity index (χ2v) is 7.61. The molecule has 0 saturated carbocycles. The molecule has 0 radical (unpaired) electrons. The van der Waals surface area contributed by atoms with Gasteiger partial charge in [-0.05, 0) is 72.9 Å². The van der Waals surface area contributed by atoms with Crippen LogP contribution in [0.1, 0.15) is 41.9 Å². The molecule has 0 aliphatic carbocycles. The van der Waals surface area contributed by atoms with Gasteiger partial charge in [-0.2, -0.15) is 0 Å². The number of H-pyrrole nitrogens is 1. The summed E-state index contributed by atoms with van der Waals surface area (Å²) < 4.78 is 0. The van der Waals surface area contributed by atoms with E-state index in [4.69, 9.17) is 0 Å². The standard InChI is InChI=1S/C24H23N3.C2H6/c1-14-8-20(9-15(2)26-14)24-16(3)22-7-6-18(11-23(22)27-24)17-4-5-19-12-25-13-21(19)10-17;1-2/h4-11,25,27H,12-13H2,1-3H3;1-2H3. The van der Waals surface area contributed by atoms with Gasteiger partial charge >= 0.3 is 0 Å². The molecule has 29 heavy (non-hydrogen) atoms. The minimum Gasteiger partial charge on any atom is -0.354 e. The summed E-state index contributed by atoms with van der Waals surface area (Å²) in [5.74, 6) is 0. The molecule has 0 bridgehead atoms. The fourth-order valence-electron chi connectivity index (χ4n) is 4.26. The molecule has 0 unspecified atom stereocenters. The van der Waals surface area contributed by atoms with Gasteiger partial charge in [0.25, 0.3) is 0 Å². The third-order valence-electron chi connectivity index (χ3n) is 5.60. The molecule has 3 nitrogen and oxygen atoms in total. The monoisotopic (exact) mass is 383 g/mol. The summed E-state index contributed by atoms with van der Waals surface area (Å²) in [5.41, 5.74) is 12.3. The highest BCUT2D eigenvalue weighted by Gasteiger charge is 2.14. The lowest BCUT2D eigenvalue weighted by molar-refractivity contribution is 0.765. The first-order valence-corrected chi connectivity index (χ1v) is 10.5. The van der Waals surface area contributed by atoms with Crippen LogP contribution in [0, 0.1) is 20.8 Å². The summed E-state index contributed by atoms with van der Waals surface area (Å²) in [6.07, 6.45) is 0. The molecule has 0 spiro atoms. The molecule has 148 valence electrons. The summed E-state index contributed by atoms with van der Waals surface area (Å²) >= 11 is 0. The zero-order valence-corrected chi connectivity index (χ0v) is 18.0. The van der Waals surface area contributed by atoms with Crippen molar-refractivity contribution in [1.29, 1.82) is 0 Å². The van der Waals surface area contributed by atoms with Crippen LogP contribution < -0.4 is 5.32 Å². The van der Waals surface area contributed by atoms with Gasteiger partial charge in [-0.3, -0.25) is 4.98 Å². The van der Waals surface area contributed by atoms with Crippen molar-refractivity contribution in [3.05, 3.63) is 76.6 Å². The van der Waals surface area contributed by atoms with Gasteiger partial charge in [0, 0.05) is 46.6 Å². The van der Waals surface area contributed by atoms with Gasteiger partial charge < -0.3 is 10.3 Å². The predicted octanol–water partition coefficient (Wildman–Crippen LogP) is 6.45. The molecule has 0 saturated heterocycles. The summed E-state index contributed by atoms with van der Waals surface area (Å²) in [6, 6.07) is 17.9. The summed E-state index contributed by atoms with van der Waals surface area (Å²) in [4.78, 5) is 8.16. The van der Waals surface area contributed by atoms with Gasteiger partial charge in [-0.15, -0.1) is 0 Å². The van der Waals surface area contributed by atoms with Crippen molar-refractivity contribution in [2.24, 2.45) is 0 Å². The number of pyridine rings is 1. The molecule has 2 N–H and O–H groups in total. The SMILES string of the molecule is CC.Cc1cc(-c2[nH]c3cc(-c4ccc5c(c4)CNC5)ccc3c2C)cc(C)n1. The molecular formula is C26H29N3. The molecule has 3 heteroatoms. The first-order chi connectivity index (χ1) is 14.1. The lowest BCUT2D eigenvalue weighted by Crippen LogP contribution is -1.99. The number of nitrogens with one attached hydrogen (secondary N) is 2. The van der Waals surface area contributed by atoms with Gasteiger partial charge in [-0.25, -0.2) is 0 Å². The number of aromatic amines is 1. The third-order valence-corrected chi connectivity index (χ3v) is 5.60. The van der Waals surface area contributed by atoms with E-state index in [1.165, 1.54) is 50.0 Å². The highest BCUT2D eigenvalue weighted by atomic mass is 14.9. The van der Waals surface area contributed by atoms with Crippen LogP contribution in [-0.4, -0.2) is 9.97 Å². The number of hydrogen-bond donors (Lipinski definition) is 2. The molecule has 2 aromatic heterocycles. The van der Waals surface area contributed by atoms with Crippen molar-refractivity contribution >= 4 is 10.9 Å². The van der Waals surface area contributed by atoms with E-state index in [-0.39, 0.29) is 0 Å². The van der Waals surface area contributed by atoms with Crippen molar-refractivity contribution < 1.29 is 0 Å². The fourth-order valence-corrected chi connectivity index (χ4v) is 4.26. The fraction of sp³-hybridized carbons (Fsp3) is 0.269. The van der Waals surface area contributed by atoms with Crippen LogP contribution in [0.15, 0.2) is 48.5 Å². The Morgan fingerprint density at radius 2 is 1.38 bits per heavy atom. The Morgan fingerprint density at radius 3 is 2.14 bits per heavy atom. The molecule has 1 aliphatic heterocycles. The normalized spacial score (nSPS) is 12.6. The van der Waals surface area contributed by atoms with E-state index in [2.05, 4.69) is 84.6 Å². The summed E-state index contributed by atoms with van der Waals surface area (Å²) in [5, 5.41) is 4.70. The van der Waals surface area contributed by atoms with Crippen molar-refractivity contribution in [1.82, 2.24) is 15.3 Å². The van der Waals surface area contributed by atoms with Gasteiger partial charge in [0.2, 0.25) is 0 Å². The van der Waals surface area contributed by atoms with Crippen LogP contribution in [0.5, 0.6) is 0 Å². The number of rotatable bonds is 2. The van der Waals surface area contributed by atoms with Gasteiger partial charge in [0.1, 0.15) is 0 Å². The number of nitrogens with zero attached hydrogens (tertiary/aromatic N) is 1. The van der Waals surface area contributed by atoms with Crippen LogP contribution >= 0.6 is 0 Å². The number of aromatic nitrogens is 2. The lowest BCUT2D eigenvalue weighted by atomic mass is 9.99. The number of fused-ring (bicyclic) bond motifs is 2. The third kappa shape index (κ3) is 3.58. The molecule has 5 rings (SSSR count). The van der Waals surface area contributed by atoms with E-state index in [1.54, 1.807) is 0 Å². The van der Waals surface area contributed by atoms with Crippen LogP contribution in [0.25, 0.3) is 33.3 Å². The predicted molar refractivity (Wildman–Crippen MR) is 123 cm³/mol. The average molecular weight is 384 g/mol. The van der Waals surface area contributed by atoms with Crippen molar-refractivity contribution in [3.63, 3.8) is 0 Å². The van der Waals surface area contributed by atoms with Crippen LogP contribution in [-0.2, 0) is 13.1 Å². The Morgan fingerprint density at radius 1 is 0.724 bits per heavy atom. The zero-order chi connectivity index (χ0) is 20.5. The van der Waals surface area contributed by atoms with E-state index < -0.39 is 0 Å². The summed E-state index contributed by atoms with van der Waals surface area (Å²) in [6.45, 7) is 12.3. The molecule has 4 aromatic rings. The molecule has 1 aliphatic rings. The molecule has 3 heterocycles. The van der Waals surface area contributed by atoms with Crippen molar-refractivity contribution in [2.75, 3.05) is 0 Å². The molecule has 0 amide bonds. The van der Waals surface area contributed by atoms with Gasteiger partial charge in [0.15, 0.2) is 0 Å². The minimum atomic E-state index is 0.970. The maximum Gasteiger partial charge on any atom is 0.0495 e. The maximum absolute atomic E-state index is 4.51. The Balaban J connectivity index is 0.000000994. The number of hydrogen-bond acceptors (Lipinski definition) is 2. The summed E-state index contributed by atoms with van der Waals surface area (Å²) in [7, 11) is 0. The Hall–Kier alpha value is -2.91. The van der Waals surface area contributed by atoms with Crippen LogP contribution in [0.2, 0.25) is 0 Å². The maximum atomic E-state index is 4.51. The topological polar surface area (TPSA) is 40.7 Å². The number of benzene rings is 2. The first-order valence-electron chi connectivity index (χ1n) is 10.5. The minimum absolute atomic E-state index is 0.970. The van der Waals surface area contributed by atoms with E-state index in [0.29, 0.717) is 0 Å². The lowest BCUT2D eigenvalue weighted by Gasteiger charge is -2.05. The van der Waals surface area contributed by atoms with E-state index >= 15 is 0 Å². The van der Waals surface area contributed by atoms with Crippen molar-refractivity contribution in [2.45, 2.75) is 47.7 Å². The van der Waals surface area contributed by atoms with Crippen LogP contribution in [0.4, 0.5) is 0 Å². The van der Waals surface area contributed by atoms with E-state index in [9.17, 15) is 0 Å². The second-order valence-electron chi connectivity index (χ2n) is 7.61. The molecule has 2 aromatic carbocycles. The highest BCUT2D eigenvalue weighted by molar-refractivity contribution is 5.93. The quantitative estimate of drug-likeness (QED) is 0.417. The zero-order valence-electron chi connectivity index (χ0n) is 18.0. The first kappa shape index (κ1) is 19.4. The second kappa shape index (κ2) is 7.84. The van der Waals surface area contributed by atoms with E-state index in [1.807, 2.05) is 13.8 Å².